The predicted octanol–water partition coefficient (Wildman–Crippen LogP) is 4.29. The Hall–Kier alpha value is -0.690. The van der Waals surface area contributed by atoms with Gasteiger partial charge in [-0.1, -0.05) is 39.3 Å². The van der Waals surface area contributed by atoms with Crippen molar-refractivity contribution in [1.29, 1.82) is 0 Å². The monoisotopic (exact) mass is 212 g/mol. The zero-order valence-corrected chi connectivity index (χ0v) is 9.89. The maximum absolute atomic E-state index is 9.56. The van der Waals surface area contributed by atoms with Gasteiger partial charge in [0, 0.05) is 5.02 Å². The number of hydrogen-bond acceptors (Lipinski definition) is 1. The lowest BCUT2D eigenvalue weighted by Gasteiger charge is -2.15. The molecule has 2 heteroatoms. The Morgan fingerprint density at radius 3 is 1.64 bits per heavy atom. The van der Waals surface area contributed by atoms with Crippen LogP contribution in [0.15, 0.2) is 12.1 Å². The third-order valence-electron chi connectivity index (χ3n) is 2.36. The fourth-order valence-electron chi connectivity index (χ4n) is 1.49. The summed E-state index contributed by atoms with van der Waals surface area (Å²) < 4.78 is 0. The van der Waals surface area contributed by atoms with Crippen LogP contribution >= 0.6 is 11.6 Å². The Labute approximate surface area is 90.7 Å². The fourth-order valence-corrected chi connectivity index (χ4v) is 2.04. The van der Waals surface area contributed by atoms with E-state index in [0.29, 0.717) is 17.6 Å². The van der Waals surface area contributed by atoms with Crippen molar-refractivity contribution in [3.05, 3.63) is 28.3 Å². The van der Waals surface area contributed by atoms with E-state index in [1.807, 2.05) is 0 Å². The molecule has 0 saturated heterocycles. The topological polar surface area (TPSA) is 20.2 Å². The maximum atomic E-state index is 9.56. The average molecular weight is 213 g/mol. The molecule has 0 amide bonds. The van der Waals surface area contributed by atoms with E-state index in [0.717, 1.165) is 16.1 Å². The minimum absolute atomic E-state index is 0.307. The molecule has 0 saturated carbocycles. The van der Waals surface area contributed by atoms with E-state index in [1.165, 1.54) is 0 Å². The first-order valence-electron chi connectivity index (χ1n) is 4.95. The second-order valence-electron chi connectivity index (χ2n) is 4.25. The number of benzene rings is 1. The van der Waals surface area contributed by atoms with Crippen LogP contribution in [-0.2, 0) is 0 Å². The van der Waals surface area contributed by atoms with Gasteiger partial charge in [-0.2, -0.15) is 0 Å². The molecule has 0 radical (unpaired) electrons. The first kappa shape index (κ1) is 11.4. The van der Waals surface area contributed by atoms with Crippen LogP contribution in [0.3, 0.4) is 0 Å². The highest BCUT2D eigenvalue weighted by Crippen LogP contribution is 2.35. The molecule has 14 heavy (non-hydrogen) atoms. The van der Waals surface area contributed by atoms with Crippen LogP contribution in [0.2, 0.25) is 5.02 Å². The highest BCUT2D eigenvalue weighted by Gasteiger charge is 2.13. The summed E-state index contributed by atoms with van der Waals surface area (Å²) in [4.78, 5) is 0. The van der Waals surface area contributed by atoms with E-state index < -0.39 is 0 Å². The Kier molecular flexibility index (Phi) is 3.43. The minimum atomic E-state index is 0.307. The number of aromatic hydroxyl groups is 1. The molecule has 1 aromatic rings. The summed E-state index contributed by atoms with van der Waals surface area (Å²) >= 11 is 6.26. The molecule has 0 atom stereocenters. The SMILES string of the molecule is CC(C)c1cc(O)cc(C(C)C)c1Cl. The lowest BCUT2D eigenvalue weighted by Crippen LogP contribution is -1.96. The molecule has 0 aliphatic rings. The van der Waals surface area contributed by atoms with Gasteiger partial charge in [0.05, 0.1) is 0 Å². The van der Waals surface area contributed by atoms with Crippen molar-refractivity contribution in [2.24, 2.45) is 0 Å². The highest BCUT2D eigenvalue weighted by atomic mass is 35.5. The molecule has 1 rings (SSSR count). The normalized spacial score (nSPS) is 11.4. The van der Waals surface area contributed by atoms with Crippen LogP contribution in [0, 0.1) is 0 Å². The van der Waals surface area contributed by atoms with Gasteiger partial charge in [0.2, 0.25) is 0 Å². The molecule has 0 aliphatic heterocycles. The van der Waals surface area contributed by atoms with Crippen LogP contribution < -0.4 is 0 Å². The average Bonchev–Trinajstić information content (AvgIpc) is 2.07. The van der Waals surface area contributed by atoms with Crippen molar-refractivity contribution in [3.8, 4) is 5.75 Å². The summed E-state index contributed by atoms with van der Waals surface area (Å²) in [6.45, 7) is 8.30. The molecule has 78 valence electrons. The van der Waals surface area contributed by atoms with Gasteiger partial charge in [0.15, 0.2) is 0 Å². The van der Waals surface area contributed by atoms with Crippen LogP contribution in [0.1, 0.15) is 50.7 Å². The Bertz CT molecular complexity index is 300. The Morgan fingerprint density at radius 2 is 1.36 bits per heavy atom. The van der Waals surface area contributed by atoms with E-state index in [2.05, 4.69) is 27.7 Å². The van der Waals surface area contributed by atoms with E-state index in [1.54, 1.807) is 12.1 Å². The summed E-state index contributed by atoms with van der Waals surface area (Å²) in [5.41, 5.74) is 2.05. The number of phenols is 1. The maximum Gasteiger partial charge on any atom is 0.116 e. The van der Waals surface area contributed by atoms with Crippen molar-refractivity contribution in [1.82, 2.24) is 0 Å². The Balaban J connectivity index is 3.32. The second kappa shape index (κ2) is 4.22. The van der Waals surface area contributed by atoms with Gasteiger partial charge in [-0.05, 0) is 35.1 Å². The first-order chi connectivity index (χ1) is 6.43. The summed E-state index contributed by atoms with van der Waals surface area (Å²) in [7, 11) is 0. The Morgan fingerprint density at radius 1 is 1.00 bits per heavy atom. The van der Waals surface area contributed by atoms with E-state index in [4.69, 9.17) is 11.6 Å². The van der Waals surface area contributed by atoms with Crippen molar-refractivity contribution in [2.75, 3.05) is 0 Å². The molecular weight excluding hydrogens is 196 g/mol. The molecule has 1 nitrogen and oxygen atoms in total. The summed E-state index contributed by atoms with van der Waals surface area (Å²) in [5.74, 6) is 0.987. The van der Waals surface area contributed by atoms with Crippen molar-refractivity contribution >= 4 is 11.6 Å². The van der Waals surface area contributed by atoms with Gasteiger partial charge in [0.1, 0.15) is 5.75 Å². The smallest absolute Gasteiger partial charge is 0.116 e. The lowest BCUT2D eigenvalue weighted by atomic mass is 9.95. The summed E-state index contributed by atoms with van der Waals surface area (Å²) in [6, 6.07) is 3.50. The van der Waals surface area contributed by atoms with Gasteiger partial charge in [-0.15, -0.1) is 0 Å². The van der Waals surface area contributed by atoms with E-state index in [-0.39, 0.29) is 0 Å². The van der Waals surface area contributed by atoms with Crippen LogP contribution in [-0.4, -0.2) is 5.11 Å². The second-order valence-corrected chi connectivity index (χ2v) is 4.63. The molecule has 0 unspecified atom stereocenters. The molecule has 0 fully saturated rings. The largest absolute Gasteiger partial charge is 0.508 e. The quantitative estimate of drug-likeness (QED) is 0.776. The zero-order valence-electron chi connectivity index (χ0n) is 9.13. The van der Waals surface area contributed by atoms with Crippen molar-refractivity contribution in [2.45, 2.75) is 39.5 Å². The molecule has 0 heterocycles. The van der Waals surface area contributed by atoms with Gasteiger partial charge in [-0.25, -0.2) is 0 Å². The third kappa shape index (κ3) is 2.21. The van der Waals surface area contributed by atoms with E-state index in [9.17, 15) is 5.11 Å². The van der Waals surface area contributed by atoms with Gasteiger partial charge < -0.3 is 5.11 Å². The van der Waals surface area contributed by atoms with Gasteiger partial charge in [0.25, 0.3) is 0 Å². The summed E-state index contributed by atoms with van der Waals surface area (Å²) in [5, 5.41) is 10.4. The number of hydrogen-bond donors (Lipinski definition) is 1. The van der Waals surface area contributed by atoms with Gasteiger partial charge in [-0.3, -0.25) is 0 Å². The molecule has 0 bridgehead atoms. The number of phenolic OH excluding ortho intramolecular Hbond substituents is 1. The molecule has 0 aromatic heterocycles. The van der Waals surface area contributed by atoms with Crippen LogP contribution in [0.5, 0.6) is 5.75 Å². The summed E-state index contributed by atoms with van der Waals surface area (Å²) in [6.07, 6.45) is 0. The third-order valence-corrected chi connectivity index (χ3v) is 2.79. The van der Waals surface area contributed by atoms with Crippen molar-refractivity contribution < 1.29 is 5.11 Å². The predicted molar refractivity (Wildman–Crippen MR) is 61.3 cm³/mol. The van der Waals surface area contributed by atoms with Gasteiger partial charge >= 0.3 is 0 Å². The van der Waals surface area contributed by atoms with Crippen molar-refractivity contribution in [3.63, 3.8) is 0 Å². The standard InChI is InChI=1S/C12H17ClO/c1-7(2)10-5-9(14)6-11(8(3)4)12(10)13/h5-8,14H,1-4H3. The zero-order chi connectivity index (χ0) is 10.9. The minimum Gasteiger partial charge on any atom is -0.508 e. The number of rotatable bonds is 2. The molecular formula is C12H17ClO. The lowest BCUT2D eigenvalue weighted by molar-refractivity contribution is 0.472. The molecule has 0 aliphatic carbocycles. The van der Waals surface area contributed by atoms with E-state index >= 15 is 0 Å². The van der Waals surface area contributed by atoms with Crippen LogP contribution in [0.25, 0.3) is 0 Å². The fraction of sp³-hybridized carbons (Fsp3) is 0.500. The molecule has 1 aromatic carbocycles. The molecule has 1 N–H and O–H groups in total. The number of halogens is 1. The highest BCUT2D eigenvalue weighted by molar-refractivity contribution is 6.32. The first-order valence-corrected chi connectivity index (χ1v) is 5.33. The molecule has 0 spiro atoms. The van der Waals surface area contributed by atoms with Crippen LogP contribution in [0.4, 0.5) is 0 Å².